The molecule has 0 amide bonds. The molecule has 1 N–H and O–H groups in total. The monoisotopic (exact) mass is 316 g/mol. The number of sulfonamides is 1. The predicted octanol–water partition coefficient (Wildman–Crippen LogP) is 1.98. The van der Waals surface area contributed by atoms with Crippen LogP contribution in [0.15, 0.2) is 0 Å². The Bertz CT molecular complexity index is 398. The fourth-order valence-electron chi connectivity index (χ4n) is 2.73. The van der Waals surface area contributed by atoms with Crippen molar-refractivity contribution < 1.29 is 21.6 Å². The van der Waals surface area contributed by atoms with E-state index in [2.05, 4.69) is 5.32 Å². The van der Waals surface area contributed by atoms with E-state index in [1.54, 1.807) is 6.92 Å². The molecule has 1 aliphatic heterocycles. The lowest BCUT2D eigenvalue weighted by Gasteiger charge is -2.33. The van der Waals surface area contributed by atoms with Crippen LogP contribution in [-0.2, 0) is 10.0 Å². The summed E-state index contributed by atoms with van der Waals surface area (Å²) in [6.07, 6.45) is -2.06. The van der Waals surface area contributed by atoms with Gasteiger partial charge in [0, 0.05) is 19.1 Å². The minimum Gasteiger partial charge on any atom is -0.314 e. The van der Waals surface area contributed by atoms with Gasteiger partial charge in [-0.2, -0.15) is 13.2 Å². The summed E-state index contributed by atoms with van der Waals surface area (Å²) in [5.41, 5.74) is 0. The smallest absolute Gasteiger partial charge is 0.314 e. The van der Waals surface area contributed by atoms with Crippen LogP contribution in [0.1, 0.15) is 32.6 Å². The van der Waals surface area contributed by atoms with Crippen molar-refractivity contribution in [1.29, 1.82) is 0 Å². The average molecular weight is 316 g/mol. The lowest BCUT2D eigenvalue weighted by molar-refractivity contribution is -0.141. The van der Waals surface area contributed by atoms with E-state index in [1.807, 2.05) is 0 Å². The Hall–Kier alpha value is -0.340. The maximum absolute atomic E-state index is 12.5. The Balaban J connectivity index is 2.59. The van der Waals surface area contributed by atoms with Crippen molar-refractivity contribution in [3.8, 4) is 0 Å². The molecule has 1 saturated heterocycles. The van der Waals surface area contributed by atoms with E-state index >= 15 is 0 Å². The van der Waals surface area contributed by atoms with Crippen LogP contribution in [0.25, 0.3) is 0 Å². The first kappa shape index (κ1) is 17.7. The molecule has 1 fully saturated rings. The maximum Gasteiger partial charge on any atom is 0.390 e. The first-order valence-electron chi connectivity index (χ1n) is 6.87. The zero-order valence-corrected chi connectivity index (χ0v) is 12.7. The highest BCUT2D eigenvalue weighted by atomic mass is 32.2. The number of halogens is 3. The standard InChI is InChI=1S/C12H23F3N2O2S/c1-3-16-11(8-12(13,14)15)7-10-5-4-6-17(9-10)20(2,18)19/h10-11,16H,3-9H2,1-2H3. The van der Waals surface area contributed by atoms with Gasteiger partial charge in [0.15, 0.2) is 0 Å². The van der Waals surface area contributed by atoms with Crippen molar-refractivity contribution in [2.75, 3.05) is 25.9 Å². The van der Waals surface area contributed by atoms with Crippen molar-refractivity contribution in [3.63, 3.8) is 0 Å². The molecule has 0 saturated carbocycles. The summed E-state index contributed by atoms with van der Waals surface area (Å²) in [6.45, 7) is 3.05. The number of hydrogen-bond donors (Lipinski definition) is 1. The predicted molar refractivity (Wildman–Crippen MR) is 71.9 cm³/mol. The zero-order chi connectivity index (χ0) is 15.4. The molecule has 1 heterocycles. The highest BCUT2D eigenvalue weighted by molar-refractivity contribution is 7.88. The fourth-order valence-corrected chi connectivity index (χ4v) is 3.67. The second-order valence-corrected chi connectivity index (χ2v) is 7.42. The van der Waals surface area contributed by atoms with Gasteiger partial charge in [0.25, 0.3) is 0 Å². The number of piperidine rings is 1. The van der Waals surface area contributed by atoms with Gasteiger partial charge in [-0.1, -0.05) is 6.92 Å². The van der Waals surface area contributed by atoms with E-state index in [0.717, 1.165) is 12.7 Å². The van der Waals surface area contributed by atoms with E-state index in [9.17, 15) is 21.6 Å². The SMILES string of the molecule is CCNC(CC1CCCN(S(C)(=O)=O)C1)CC(F)(F)F. The molecule has 120 valence electrons. The Morgan fingerprint density at radius 1 is 1.40 bits per heavy atom. The van der Waals surface area contributed by atoms with Gasteiger partial charge in [-0.05, 0) is 31.7 Å². The second kappa shape index (κ2) is 7.09. The van der Waals surface area contributed by atoms with Crippen molar-refractivity contribution in [2.45, 2.75) is 44.8 Å². The van der Waals surface area contributed by atoms with Crippen LogP contribution in [-0.4, -0.2) is 50.8 Å². The van der Waals surface area contributed by atoms with E-state index in [0.29, 0.717) is 32.5 Å². The number of rotatable bonds is 6. The molecule has 2 unspecified atom stereocenters. The number of alkyl halides is 3. The summed E-state index contributed by atoms with van der Waals surface area (Å²) in [5.74, 6) is -0.00938. The topological polar surface area (TPSA) is 49.4 Å². The molecule has 0 aromatic carbocycles. The zero-order valence-electron chi connectivity index (χ0n) is 11.9. The molecular weight excluding hydrogens is 293 g/mol. The molecule has 1 aliphatic rings. The first-order valence-corrected chi connectivity index (χ1v) is 8.72. The molecule has 20 heavy (non-hydrogen) atoms. The third kappa shape index (κ3) is 6.41. The van der Waals surface area contributed by atoms with Gasteiger partial charge in [-0.3, -0.25) is 0 Å². The Labute approximate surface area is 118 Å². The summed E-state index contributed by atoms with van der Waals surface area (Å²) in [5, 5.41) is 2.85. The molecule has 0 aliphatic carbocycles. The number of nitrogens with zero attached hydrogens (tertiary/aromatic N) is 1. The van der Waals surface area contributed by atoms with Crippen LogP contribution in [0.3, 0.4) is 0 Å². The number of nitrogens with one attached hydrogen (secondary N) is 1. The third-order valence-corrected chi connectivity index (χ3v) is 4.81. The molecule has 0 aromatic rings. The molecule has 2 atom stereocenters. The van der Waals surface area contributed by atoms with Crippen LogP contribution in [0.2, 0.25) is 0 Å². The van der Waals surface area contributed by atoms with Gasteiger partial charge in [0.05, 0.1) is 12.7 Å². The Morgan fingerprint density at radius 2 is 2.05 bits per heavy atom. The van der Waals surface area contributed by atoms with Crippen molar-refractivity contribution >= 4 is 10.0 Å². The highest BCUT2D eigenvalue weighted by Crippen LogP contribution is 2.28. The minimum atomic E-state index is -4.20. The molecule has 0 spiro atoms. The molecule has 0 aromatic heterocycles. The van der Waals surface area contributed by atoms with Gasteiger partial charge in [-0.25, -0.2) is 12.7 Å². The van der Waals surface area contributed by atoms with E-state index in [-0.39, 0.29) is 5.92 Å². The van der Waals surface area contributed by atoms with E-state index in [1.165, 1.54) is 4.31 Å². The molecular formula is C12H23F3N2O2S. The number of hydrogen-bond acceptors (Lipinski definition) is 3. The summed E-state index contributed by atoms with van der Waals surface area (Å²) >= 11 is 0. The van der Waals surface area contributed by atoms with E-state index in [4.69, 9.17) is 0 Å². The Morgan fingerprint density at radius 3 is 2.55 bits per heavy atom. The first-order chi connectivity index (χ1) is 9.12. The van der Waals surface area contributed by atoms with Crippen LogP contribution in [0, 0.1) is 5.92 Å². The molecule has 8 heteroatoms. The minimum absolute atomic E-state index is 0.00938. The van der Waals surface area contributed by atoms with E-state index < -0.39 is 28.7 Å². The lowest BCUT2D eigenvalue weighted by Crippen LogP contribution is -2.42. The van der Waals surface area contributed by atoms with Crippen molar-refractivity contribution in [1.82, 2.24) is 9.62 Å². The normalized spacial score (nSPS) is 23.8. The third-order valence-electron chi connectivity index (χ3n) is 3.54. The van der Waals surface area contributed by atoms with Gasteiger partial charge < -0.3 is 5.32 Å². The Kier molecular flexibility index (Phi) is 6.27. The quantitative estimate of drug-likeness (QED) is 0.815. The molecule has 4 nitrogen and oxygen atoms in total. The highest BCUT2D eigenvalue weighted by Gasteiger charge is 2.34. The molecule has 0 radical (unpaired) electrons. The van der Waals surface area contributed by atoms with Crippen LogP contribution >= 0.6 is 0 Å². The fraction of sp³-hybridized carbons (Fsp3) is 1.00. The van der Waals surface area contributed by atoms with Crippen LogP contribution < -0.4 is 5.32 Å². The van der Waals surface area contributed by atoms with Gasteiger partial charge in [0.1, 0.15) is 0 Å². The maximum atomic E-state index is 12.5. The summed E-state index contributed by atoms with van der Waals surface area (Å²) < 4.78 is 61.9. The summed E-state index contributed by atoms with van der Waals surface area (Å²) in [6, 6.07) is -0.635. The molecule has 0 bridgehead atoms. The van der Waals surface area contributed by atoms with Gasteiger partial charge >= 0.3 is 6.18 Å². The average Bonchev–Trinajstić information content (AvgIpc) is 2.26. The van der Waals surface area contributed by atoms with Crippen molar-refractivity contribution in [3.05, 3.63) is 0 Å². The van der Waals surface area contributed by atoms with Crippen LogP contribution in [0.4, 0.5) is 13.2 Å². The lowest BCUT2D eigenvalue weighted by atomic mass is 9.91. The van der Waals surface area contributed by atoms with Gasteiger partial charge in [0.2, 0.25) is 10.0 Å². The van der Waals surface area contributed by atoms with Crippen molar-refractivity contribution in [2.24, 2.45) is 5.92 Å². The summed E-state index contributed by atoms with van der Waals surface area (Å²) in [7, 11) is -3.25. The van der Waals surface area contributed by atoms with Crippen LogP contribution in [0.5, 0.6) is 0 Å². The van der Waals surface area contributed by atoms with Gasteiger partial charge in [-0.15, -0.1) is 0 Å². The summed E-state index contributed by atoms with van der Waals surface area (Å²) in [4.78, 5) is 0. The largest absolute Gasteiger partial charge is 0.390 e. The molecule has 1 rings (SSSR count). The second-order valence-electron chi connectivity index (χ2n) is 5.44.